The van der Waals surface area contributed by atoms with Crippen LogP contribution < -0.4 is 9.84 Å². The molecule has 1 atom stereocenters. The Labute approximate surface area is 195 Å². The first-order valence-corrected chi connectivity index (χ1v) is 13.0. The number of anilines is 1. The van der Waals surface area contributed by atoms with E-state index in [1.54, 1.807) is 36.4 Å². The molecular weight excluding hydrogens is 444 g/mol. The second-order valence-electron chi connectivity index (χ2n) is 8.37. The molecule has 3 rings (SSSR count). The van der Waals surface area contributed by atoms with Gasteiger partial charge in [0.15, 0.2) is 0 Å². The molecule has 180 valence electrons. The highest BCUT2D eigenvalue weighted by Gasteiger charge is 2.49. The number of nitrogens with one attached hydrogen (secondary N) is 1. The Kier molecular flexibility index (Phi) is 8.12. The van der Waals surface area contributed by atoms with E-state index in [0.29, 0.717) is 30.6 Å². The summed E-state index contributed by atoms with van der Waals surface area (Å²) in [5.74, 6) is -0.500. The third kappa shape index (κ3) is 6.11. The van der Waals surface area contributed by atoms with Crippen LogP contribution in [0.2, 0.25) is 0 Å². The lowest BCUT2D eigenvalue weighted by molar-refractivity contribution is 0.0433. The van der Waals surface area contributed by atoms with Crippen molar-refractivity contribution in [2.75, 3.05) is 30.4 Å². The smallest absolute Gasteiger partial charge is 0.338 e. The van der Waals surface area contributed by atoms with Crippen molar-refractivity contribution in [3.63, 3.8) is 0 Å². The minimum Gasteiger partial charge on any atom is -0.460 e. The van der Waals surface area contributed by atoms with Gasteiger partial charge in [0.1, 0.15) is 6.61 Å². The second kappa shape index (κ2) is 10.6. The Morgan fingerprint density at radius 2 is 1.79 bits per heavy atom. The fourth-order valence-electron chi connectivity index (χ4n) is 4.00. The number of hydrogen-bond donors (Lipinski definition) is 3. The number of hydrogen-bond acceptors (Lipinski definition) is 7. The quantitative estimate of drug-likeness (QED) is 0.317. The Hall–Kier alpha value is -2.46. The van der Waals surface area contributed by atoms with Crippen LogP contribution in [0.25, 0.3) is 0 Å². The predicted molar refractivity (Wildman–Crippen MR) is 126 cm³/mol. The Morgan fingerprint density at radius 3 is 2.30 bits per heavy atom. The maximum Gasteiger partial charge on any atom is 0.338 e. The highest BCUT2D eigenvalue weighted by molar-refractivity contribution is 7.92. The SMILES string of the molecule is CCC(O)C1(c2ccc(N(NCCc3ccc(C(=O)OCCO)cc3)S(C)(=O)=O)cc2)CC1. The van der Waals surface area contributed by atoms with E-state index in [0.717, 1.165) is 34.6 Å². The summed E-state index contributed by atoms with van der Waals surface area (Å²) < 4.78 is 30.8. The molecule has 0 heterocycles. The monoisotopic (exact) mass is 476 g/mol. The Morgan fingerprint density at radius 1 is 1.15 bits per heavy atom. The van der Waals surface area contributed by atoms with Gasteiger partial charge in [0.25, 0.3) is 0 Å². The molecule has 2 aromatic carbocycles. The van der Waals surface area contributed by atoms with Crippen LogP contribution in [0.15, 0.2) is 48.5 Å². The van der Waals surface area contributed by atoms with Gasteiger partial charge < -0.3 is 14.9 Å². The number of aliphatic hydroxyl groups is 2. The number of sulfonamides is 1. The molecule has 0 radical (unpaired) electrons. The molecule has 0 amide bonds. The maximum absolute atomic E-state index is 12.4. The zero-order chi connectivity index (χ0) is 24.1. The molecule has 1 saturated carbocycles. The molecule has 8 nitrogen and oxygen atoms in total. The van der Waals surface area contributed by atoms with E-state index in [1.807, 2.05) is 19.1 Å². The molecule has 0 spiro atoms. The van der Waals surface area contributed by atoms with Gasteiger partial charge in [-0.3, -0.25) is 0 Å². The molecule has 33 heavy (non-hydrogen) atoms. The number of carbonyl (C=O) groups is 1. The van der Waals surface area contributed by atoms with Crippen LogP contribution in [0.3, 0.4) is 0 Å². The van der Waals surface area contributed by atoms with Crippen LogP contribution in [0.5, 0.6) is 0 Å². The minimum absolute atomic E-state index is 0.0486. The number of hydrazine groups is 1. The van der Waals surface area contributed by atoms with E-state index in [1.165, 1.54) is 0 Å². The van der Waals surface area contributed by atoms with Gasteiger partial charge in [0.2, 0.25) is 10.0 Å². The molecule has 1 aliphatic carbocycles. The number of ether oxygens (including phenoxy) is 1. The molecule has 2 aromatic rings. The highest BCUT2D eigenvalue weighted by Crippen LogP contribution is 2.52. The van der Waals surface area contributed by atoms with Gasteiger partial charge in [-0.05, 0) is 61.1 Å². The number of esters is 1. The van der Waals surface area contributed by atoms with Crippen molar-refractivity contribution in [3.8, 4) is 0 Å². The largest absolute Gasteiger partial charge is 0.460 e. The Bertz CT molecular complexity index is 1030. The summed E-state index contributed by atoms with van der Waals surface area (Å²) in [5.41, 5.74) is 5.63. The minimum atomic E-state index is -3.56. The van der Waals surface area contributed by atoms with Crippen molar-refractivity contribution in [3.05, 3.63) is 65.2 Å². The van der Waals surface area contributed by atoms with Crippen LogP contribution in [-0.2, 0) is 26.6 Å². The first-order chi connectivity index (χ1) is 15.7. The van der Waals surface area contributed by atoms with Crippen LogP contribution in [0.4, 0.5) is 5.69 Å². The number of benzene rings is 2. The highest BCUT2D eigenvalue weighted by atomic mass is 32.2. The van der Waals surface area contributed by atoms with E-state index in [4.69, 9.17) is 9.84 Å². The van der Waals surface area contributed by atoms with Crippen LogP contribution >= 0.6 is 0 Å². The molecule has 1 aliphatic rings. The lowest BCUT2D eigenvalue weighted by Crippen LogP contribution is -2.43. The summed E-state index contributed by atoms with van der Waals surface area (Å²) in [6.45, 7) is 2.05. The van der Waals surface area contributed by atoms with Crippen LogP contribution in [0, 0.1) is 0 Å². The first-order valence-electron chi connectivity index (χ1n) is 11.1. The Balaban J connectivity index is 1.62. The van der Waals surface area contributed by atoms with Gasteiger partial charge in [-0.15, -0.1) is 0 Å². The van der Waals surface area contributed by atoms with E-state index >= 15 is 0 Å². The molecule has 0 aromatic heterocycles. The first kappa shape index (κ1) is 25.2. The molecule has 0 aliphatic heterocycles. The number of aliphatic hydroxyl groups excluding tert-OH is 2. The third-order valence-electron chi connectivity index (χ3n) is 6.00. The van der Waals surface area contributed by atoms with E-state index in [2.05, 4.69) is 5.43 Å². The van der Waals surface area contributed by atoms with Gasteiger partial charge in [0.05, 0.1) is 30.2 Å². The normalized spacial score (nSPS) is 15.6. The summed E-state index contributed by atoms with van der Waals surface area (Å²) in [5, 5.41) is 19.1. The van der Waals surface area contributed by atoms with Crippen molar-refractivity contribution in [1.29, 1.82) is 0 Å². The van der Waals surface area contributed by atoms with Gasteiger partial charge in [-0.25, -0.2) is 23.1 Å². The zero-order valence-electron chi connectivity index (χ0n) is 19.0. The molecule has 3 N–H and O–H groups in total. The summed E-state index contributed by atoms with van der Waals surface area (Å²) in [6.07, 6.45) is 3.85. The fraction of sp³-hybridized carbons (Fsp3) is 0.458. The molecule has 0 bridgehead atoms. The van der Waals surface area contributed by atoms with Crippen molar-refractivity contribution in [1.82, 2.24) is 5.43 Å². The van der Waals surface area contributed by atoms with Crippen LogP contribution in [-0.4, -0.2) is 56.7 Å². The maximum atomic E-state index is 12.4. The lowest BCUT2D eigenvalue weighted by Gasteiger charge is -2.25. The fourth-order valence-corrected chi connectivity index (χ4v) is 4.83. The number of carbonyl (C=O) groups excluding carboxylic acids is 1. The van der Waals surface area contributed by atoms with Gasteiger partial charge in [0, 0.05) is 12.0 Å². The van der Waals surface area contributed by atoms with Crippen LogP contribution in [0.1, 0.15) is 47.7 Å². The molecule has 1 unspecified atom stereocenters. The van der Waals surface area contributed by atoms with Gasteiger partial charge in [-0.1, -0.05) is 31.2 Å². The van der Waals surface area contributed by atoms with Gasteiger partial charge >= 0.3 is 5.97 Å². The molecule has 1 fully saturated rings. The van der Waals surface area contributed by atoms with Crippen molar-refractivity contribution >= 4 is 21.7 Å². The average molecular weight is 477 g/mol. The molecule has 0 saturated heterocycles. The average Bonchev–Trinajstić information content (AvgIpc) is 3.61. The second-order valence-corrected chi connectivity index (χ2v) is 10.2. The van der Waals surface area contributed by atoms with E-state index in [9.17, 15) is 18.3 Å². The molecular formula is C24H32N2O6S. The van der Waals surface area contributed by atoms with Crippen molar-refractivity contribution in [2.45, 2.75) is 44.1 Å². The van der Waals surface area contributed by atoms with Crippen molar-refractivity contribution < 1.29 is 28.2 Å². The van der Waals surface area contributed by atoms with Gasteiger partial charge in [-0.2, -0.15) is 0 Å². The molecule has 9 heteroatoms. The third-order valence-corrected chi connectivity index (χ3v) is 7.01. The summed E-state index contributed by atoms with van der Waals surface area (Å²) in [6, 6.07) is 14.2. The summed E-state index contributed by atoms with van der Waals surface area (Å²) >= 11 is 0. The topological polar surface area (TPSA) is 116 Å². The number of rotatable bonds is 12. The predicted octanol–water partition coefficient (Wildman–Crippen LogP) is 2.15. The summed E-state index contributed by atoms with van der Waals surface area (Å²) in [4.78, 5) is 11.8. The van der Waals surface area contributed by atoms with Crippen molar-refractivity contribution in [2.24, 2.45) is 0 Å². The summed E-state index contributed by atoms with van der Waals surface area (Å²) in [7, 11) is -3.56. The zero-order valence-corrected chi connectivity index (χ0v) is 19.8. The number of nitrogens with zero attached hydrogens (tertiary/aromatic N) is 1. The van der Waals surface area contributed by atoms with E-state index in [-0.39, 0.29) is 18.6 Å². The standard InChI is InChI=1S/C24H32N2O6S/c1-3-22(28)24(13-14-24)20-8-10-21(11-9-20)26(33(2,30)31)25-15-12-18-4-6-19(7-5-18)23(29)32-17-16-27/h4-11,22,25,27-28H,3,12-17H2,1-2H3. The lowest BCUT2D eigenvalue weighted by atomic mass is 9.88. The van der Waals surface area contributed by atoms with E-state index < -0.39 is 22.1 Å².